The van der Waals surface area contributed by atoms with Crippen LogP contribution in [0.4, 0.5) is 0 Å². The largest absolute Gasteiger partial charge is 0.392 e. The Balaban J connectivity index is 2.22. The highest BCUT2D eigenvalue weighted by Crippen LogP contribution is 2.56. The fourth-order valence-corrected chi connectivity index (χ4v) is 5.62. The first-order valence-electron chi connectivity index (χ1n) is 10.1. The molecule has 0 unspecified atom stereocenters. The number of amides is 1. The molecule has 0 aromatic rings. The van der Waals surface area contributed by atoms with E-state index in [-0.39, 0.29) is 30.1 Å². The van der Waals surface area contributed by atoms with Crippen LogP contribution in [-0.2, 0) is 9.59 Å². The van der Waals surface area contributed by atoms with Crippen molar-refractivity contribution in [1.29, 1.82) is 0 Å². The molecule has 0 bridgehead atoms. The van der Waals surface area contributed by atoms with E-state index in [1.54, 1.807) is 0 Å². The van der Waals surface area contributed by atoms with Crippen LogP contribution in [0.5, 0.6) is 0 Å². The molecule has 1 fully saturated rings. The molecule has 6 atom stereocenters. The van der Waals surface area contributed by atoms with Crippen LogP contribution >= 0.6 is 0 Å². The van der Waals surface area contributed by atoms with Crippen LogP contribution < -0.4 is 5.32 Å². The zero-order chi connectivity index (χ0) is 20.1. The van der Waals surface area contributed by atoms with Gasteiger partial charge < -0.3 is 15.5 Å². The Morgan fingerprint density at radius 3 is 2.44 bits per heavy atom. The van der Waals surface area contributed by atoms with Crippen molar-refractivity contribution in [3.05, 3.63) is 22.8 Å². The zero-order valence-electron chi connectivity index (χ0n) is 17.1. The summed E-state index contributed by atoms with van der Waals surface area (Å²) in [6.07, 6.45) is 1.97. The number of ketones is 1. The molecule has 3 aliphatic rings. The van der Waals surface area contributed by atoms with Crippen molar-refractivity contribution >= 4 is 11.7 Å². The lowest BCUT2D eigenvalue weighted by Crippen LogP contribution is -2.56. The first-order chi connectivity index (χ1) is 12.6. The van der Waals surface area contributed by atoms with Crippen molar-refractivity contribution in [1.82, 2.24) is 5.32 Å². The van der Waals surface area contributed by atoms with E-state index < -0.39 is 23.5 Å². The van der Waals surface area contributed by atoms with Gasteiger partial charge in [0.1, 0.15) is 5.41 Å². The third kappa shape index (κ3) is 3.09. The molecular formula is C22H33NO4. The number of hydrogen-bond donors (Lipinski definition) is 3. The quantitative estimate of drug-likeness (QED) is 0.511. The van der Waals surface area contributed by atoms with Gasteiger partial charge in [-0.2, -0.15) is 0 Å². The average Bonchev–Trinajstić information content (AvgIpc) is 2.88. The molecule has 150 valence electrons. The molecule has 0 aromatic heterocycles. The van der Waals surface area contributed by atoms with Crippen molar-refractivity contribution in [2.24, 2.45) is 23.2 Å². The lowest BCUT2D eigenvalue weighted by Gasteiger charge is -2.47. The molecule has 1 saturated heterocycles. The summed E-state index contributed by atoms with van der Waals surface area (Å²) in [5.41, 5.74) is 1.55. The lowest BCUT2D eigenvalue weighted by molar-refractivity contribution is -0.151. The maximum atomic E-state index is 13.5. The summed E-state index contributed by atoms with van der Waals surface area (Å²) in [6, 6.07) is -0.117. The minimum atomic E-state index is -1.29. The van der Waals surface area contributed by atoms with Crippen LogP contribution in [-0.4, -0.2) is 40.2 Å². The second-order valence-corrected chi connectivity index (χ2v) is 9.24. The number of aliphatic hydroxyl groups excluding tert-OH is 2. The van der Waals surface area contributed by atoms with E-state index in [9.17, 15) is 19.8 Å². The van der Waals surface area contributed by atoms with E-state index >= 15 is 0 Å². The highest BCUT2D eigenvalue weighted by molar-refractivity contribution is 6.09. The molecule has 0 aromatic carbocycles. The minimum Gasteiger partial charge on any atom is -0.392 e. The first-order valence-corrected chi connectivity index (χ1v) is 10.1. The van der Waals surface area contributed by atoms with Gasteiger partial charge in [0.15, 0.2) is 5.78 Å². The maximum absolute atomic E-state index is 13.5. The molecule has 3 rings (SSSR count). The Morgan fingerprint density at radius 2 is 1.81 bits per heavy atom. The smallest absolute Gasteiger partial charge is 0.235 e. The molecule has 5 heteroatoms. The van der Waals surface area contributed by atoms with Crippen molar-refractivity contribution in [2.45, 2.75) is 78.6 Å². The Kier molecular flexibility index (Phi) is 5.39. The van der Waals surface area contributed by atoms with Crippen LogP contribution in [0, 0.1) is 23.2 Å². The highest BCUT2D eigenvalue weighted by Gasteiger charge is 2.67. The lowest BCUT2D eigenvalue weighted by atomic mass is 9.53. The number of nitrogens with one attached hydrogen (secondary N) is 1. The van der Waals surface area contributed by atoms with Crippen molar-refractivity contribution in [3.63, 3.8) is 0 Å². The monoisotopic (exact) mass is 375 g/mol. The molecule has 0 radical (unpaired) electrons. The molecular weight excluding hydrogens is 342 g/mol. The average molecular weight is 376 g/mol. The van der Waals surface area contributed by atoms with Gasteiger partial charge in [-0.05, 0) is 51.5 Å². The Morgan fingerprint density at radius 1 is 1.15 bits per heavy atom. The predicted octanol–water partition coefficient (Wildman–Crippen LogP) is 2.52. The molecule has 2 aliphatic carbocycles. The molecule has 27 heavy (non-hydrogen) atoms. The van der Waals surface area contributed by atoms with E-state index in [0.717, 1.165) is 23.1 Å². The number of Topliss-reactive ketones (excluding diaryl/α,β-unsaturated/α-hetero) is 1. The van der Waals surface area contributed by atoms with Gasteiger partial charge in [-0.3, -0.25) is 9.59 Å². The highest BCUT2D eigenvalue weighted by atomic mass is 16.3. The fraction of sp³-hybridized carbons (Fsp3) is 0.727. The van der Waals surface area contributed by atoms with E-state index in [4.69, 9.17) is 0 Å². The van der Waals surface area contributed by atoms with Gasteiger partial charge in [0.2, 0.25) is 5.91 Å². The molecule has 1 aliphatic heterocycles. The third-order valence-corrected chi connectivity index (χ3v) is 6.97. The van der Waals surface area contributed by atoms with E-state index in [2.05, 4.69) is 19.2 Å². The number of carbonyl (C=O) groups is 2. The molecule has 5 nitrogen and oxygen atoms in total. The summed E-state index contributed by atoms with van der Waals surface area (Å²) in [7, 11) is 0. The molecule has 1 heterocycles. The zero-order valence-corrected chi connectivity index (χ0v) is 17.1. The topological polar surface area (TPSA) is 86.6 Å². The third-order valence-electron chi connectivity index (χ3n) is 6.97. The normalized spacial score (nSPS) is 41.9. The van der Waals surface area contributed by atoms with Gasteiger partial charge in [-0.25, -0.2) is 0 Å². The predicted molar refractivity (Wildman–Crippen MR) is 104 cm³/mol. The summed E-state index contributed by atoms with van der Waals surface area (Å²) >= 11 is 0. The summed E-state index contributed by atoms with van der Waals surface area (Å²) in [6.45, 7) is 10.1. The van der Waals surface area contributed by atoms with E-state index in [0.29, 0.717) is 18.8 Å². The Labute approximate surface area is 161 Å². The number of carbonyl (C=O) groups excluding carboxylic acids is 2. The maximum Gasteiger partial charge on any atom is 0.235 e. The summed E-state index contributed by atoms with van der Waals surface area (Å²) in [5, 5.41) is 24.6. The number of rotatable bonds is 2. The van der Waals surface area contributed by atoms with Crippen molar-refractivity contribution in [3.8, 4) is 0 Å². The standard InChI is InChI=1S/C22H33NO4/c1-11(2)8-17-19-13(4)14(5)20(26)16-9-12(3)6-7-15(24)10-18(25)22(16,19)21(27)23-17/h6,11,15-17,19-20,24,26H,7-10H2,1-5H3,(H,23,27)/b12-6-/t15-,16-,17-,19-,20-,22+/m0/s1. The van der Waals surface area contributed by atoms with Crippen LogP contribution in [0.2, 0.25) is 0 Å². The second kappa shape index (κ2) is 7.17. The van der Waals surface area contributed by atoms with Gasteiger partial charge in [-0.1, -0.05) is 31.1 Å². The van der Waals surface area contributed by atoms with Crippen molar-refractivity contribution in [2.75, 3.05) is 0 Å². The fourth-order valence-electron chi connectivity index (χ4n) is 5.62. The van der Waals surface area contributed by atoms with E-state index in [1.165, 1.54) is 0 Å². The number of aliphatic hydroxyl groups is 2. The van der Waals surface area contributed by atoms with Crippen LogP contribution in [0.25, 0.3) is 0 Å². The van der Waals surface area contributed by atoms with Crippen LogP contribution in [0.15, 0.2) is 22.8 Å². The van der Waals surface area contributed by atoms with Gasteiger partial charge in [0.25, 0.3) is 0 Å². The SMILES string of the molecule is CC1=C(C)[C@H]2[C@H](CC(C)C)NC(=O)[C@]23C(=O)C[C@@H](O)C/C=C(/C)C[C@H]3[C@H]1O. The Hall–Kier alpha value is -1.46. The second-order valence-electron chi connectivity index (χ2n) is 9.24. The van der Waals surface area contributed by atoms with Crippen molar-refractivity contribution < 1.29 is 19.8 Å². The van der Waals surface area contributed by atoms with Gasteiger partial charge in [-0.15, -0.1) is 0 Å². The first kappa shape index (κ1) is 20.3. The van der Waals surface area contributed by atoms with Gasteiger partial charge in [0.05, 0.1) is 12.2 Å². The van der Waals surface area contributed by atoms with Gasteiger partial charge in [0, 0.05) is 24.3 Å². The van der Waals surface area contributed by atoms with Crippen LogP contribution in [0.3, 0.4) is 0 Å². The molecule has 0 saturated carbocycles. The molecule has 1 spiro atoms. The summed E-state index contributed by atoms with van der Waals surface area (Å²) in [5.74, 6) is -0.852. The number of allylic oxidation sites excluding steroid dienone is 1. The van der Waals surface area contributed by atoms with Crippen LogP contribution in [0.1, 0.15) is 60.3 Å². The number of hydrogen-bond acceptors (Lipinski definition) is 4. The molecule has 1 amide bonds. The Bertz CT molecular complexity index is 707. The molecule has 3 N–H and O–H groups in total. The summed E-state index contributed by atoms with van der Waals surface area (Å²) in [4.78, 5) is 26.9. The van der Waals surface area contributed by atoms with E-state index in [1.807, 2.05) is 26.8 Å². The van der Waals surface area contributed by atoms with Gasteiger partial charge >= 0.3 is 0 Å². The summed E-state index contributed by atoms with van der Waals surface area (Å²) < 4.78 is 0. The minimum absolute atomic E-state index is 0.0440.